The van der Waals surface area contributed by atoms with Gasteiger partial charge in [0.1, 0.15) is 12.6 Å². The number of hydrogen-bond acceptors (Lipinski definition) is 4. The number of benzene rings is 3. The SMILES string of the molecule is CC[C@@H](C)NC(=O)[C@@H](C)N(Cc1ccccc1C)C(=O)CN(c1ccc(Cl)cc1)S(=O)(=O)c1ccccc1. The smallest absolute Gasteiger partial charge is 0.264 e. The number of nitrogens with one attached hydrogen (secondary N) is 1. The maximum absolute atomic E-state index is 13.9. The number of anilines is 1. The van der Waals surface area contributed by atoms with Gasteiger partial charge in [-0.3, -0.25) is 13.9 Å². The Morgan fingerprint density at radius 2 is 1.53 bits per heavy atom. The van der Waals surface area contributed by atoms with E-state index in [1.807, 2.05) is 45.0 Å². The first-order valence-corrected chi connectivity index (χ1v) is 14.3. The highest BCUT2D eigenvalue weighted by Crippen LogP contribution is 2.26. The van der Waals surface area contributed by atoms with Crippen LogP contribution in [0.15, 0.2) is 83.8 Å². The van der Waals surface area contributed by atoms with Crippen molar-refractivity contribution in [2.45, 2.75) is 57.6 Å². The van der Waals surface area contributed by atoms with Crippen LogP contribution in [0, 0.1) is 6.92 Å². The Hall–Kier alpha value is -3.36. The molecule has 0 unspecified atom stereocenters. The number of sulfonamides is 1. The predicted molar refractivity (Wildman–Crippen MR) is 152 cm³/mol. The molecule has 0 aliphatic carbocycles. The average molecular weight is 556 g/mol. The summed E-state index contributed by atoms with van der Waals surface area (Å²) in [6.45, 7) is 7.11. The maximum atomic E-state index is 13.9. The van der Waals surface area contributed by atoms with Crippen LogP contribution in [0.4, 0.5) is 5.69 Å². The Labute approximate surface area is 230 Å². The van der Waals surface area contributed by atoms with Crippen molar-refractivity contribution in [1.82, 2.24) is 10.2 Å². The molecule has 2 amide bonds. The van der Waals surface area contributed by atoms with Crippen LogP contribution >= 0.6 is 11.6 Å². The summed E-state index contributed by atoms with van der Waals surface area (Å²) in [6, 6.07) is 20.9. The van der Waals surface area contributed by atoms with Gasteiger partial charge in [-0.1, -0.05) is 61.0 Å². The molecule has 0 saturated carbocycles. The van der Waals surface area contributed by atoms with Gasteiger partial charge in [0.2, 0.25) is 11.8 Å². The zero-order chi connectivity index (χ0) is 27.9. The fourth-order valence-corrected chi connectivity index (χ4v) is 5.44. The van der Waals surface area contributed by atoms with Crippen molar-refractivity contribution in [1.29, 1.82) is 0 Å². The molecule has 202 valence electrons. The Kier molecular flexibility index (Phi) is 9.94. The molecule has 38 heavy (non-hydrogen) atoms. The van der Waals surface area contributed by atoms with Crippen molar-refractivity contribution < 1.29 is 18.0 Å². The van der Waals surface area contributed by atoms with Crippen LogP contribution < -0.4 is 9.62 Å². The van der Waals surface area contributed by atoms with Crippen LogP contribution in [0.2, 0.25) is 5.02 Å². The first-order chi connectivity index (χ1) is 18.0. The number of carbonyl (C=O) groups is 2. The van der Waals surface area contributed by atoms with Crippen molar-refractivity contribution in [3.63, 3.8) is 0 Å². The Morgan fingerprint density at radius 1 is 0.921 bits per heavy atom. The van der Waals surface area contributed by atoms with Gasteiger partial charge in [0.25, 0.3) is 10.0 Å². The van der Waals surface area contributed by atoms with Crippen molar-refractivity contribution in [3.8, 4) is 0 Å². The lowest BCUT2D eigenvalue weighted by Gasteiger charge is -2.32. The van der Waals surface area contributed by atoms with Crippen LogP contribution in [-0.4, -0.2) is 43.8 Å². The number of rotatable bonds is 11. The molecule has 3 aromatic rings. The zero-order valence-electron chi connectivity index (χ0n) is 22.1. The number of nitrogens with zero attached hydrogens (tertiary/aromatic N) is 2. The highest BCUT2D eigenvalue weighted by atomic mass is 35.5. The fraction of sp³-hybridized carbons (Fsp3) is 0.310. The fourth-order valence-electron chi connectivity index (χ4n) is 3.87. The molecule has 0 aromatic heterocycles. The van der Waals surface area contributed by atoms with Crippen LogP contribution in [0.1, 0.15) is 38.3 Å². The third-order valence-corrected chi connectivity index (χ3v) is 8.54. The minimum Gasteiger partial charge on any atom is -0.352 e. The average Bonchev–Trinajstić information content (AvgIpc) is 2.91. The summed E-state index contributed by atoms with van der Waals surface area (Å²) in [6.07, 6.45) is 0.740. The molecule has 0 fully saturated rings. The molecular formula is C29H34ClN3O4S. The largest absolute Gasteiger partial charge is 0.352 e. The van der Waals surface area contributed by atoms with E-state index in [-0.39, 0.29) is 23.4 Å². The van der Waals surface area contributed by atoms with Crippen molar-refractivity contribution in [3.05, 3.63) is 95.0 Å². The van der Waals surface area contributed by atoms with Gasteiger partial charge in [0, 0.05) is 17.6 Å². The summed E-state index contributed by atoms with van der Waals surface area (Å²) >= 11 is 6.05. The van der Waals surface area contributed by atoms with E-state index in [1.54, 1.807) is 49.4 Å². The summed E-state index contributed by atoms with van der Waals surface area (Å²) in [5.74, 6) is -0.806. The Morgan fingerprint density at radius 3 is 2.13 bits per heavy atom. The summed E-state index contributed by atoms with van der Waals surface area (Å²) in [5.41, 5.74) is 2.12. The lowest BCUT2D eigenvalue weighted by molar-refractivity contribution is -0.139. The first kappa shape index (κ1) is 29.2. The van der Waals surface area contributed by atoms with Gasteiger partial charge in [0.05, 0.1) is 10.6 Å². The molecule has 0 radical (unpaired) electrons. The summed E-state index contributed by atoms with van der Waals surface area (Å²) in [4.78, 5) is 28.5. The molecule has 0 spiro atoms. The number of aryl methyl sites for hydroxylation is 1. The summed E-state index contributed by atoms with van der Waals surface area (Å²) < 4.78 is 28.5. The van der Waals surface area contributed by atoms with Crippen LogP contribution in [0.3, 0.4) is 0 Å². The molecular weight excluding hydrogens is 522 g/mol. The molecule has 3 rings (SSSR count). The number of carbonyl (C=O) groups excluding carboxylic acids is 2. The molecule has 0 saturated heterocycles. The summed E-state index contributed by atoms with van der Waals surface area (Å²) in [5, 5.41) is 3.37. The third kappa shape index (κ3) is 7.14. The van der Waals surface area contributed by atoms with E-state index in [0.717, 1.165) is 21.9 Å². The van der Waals surface area contributed by atoms with Crippen molar-refractivity contribution in [2.75, 3.05) is 10.8 Å². The van der Waals surface area contributed by atoms with Gasteiger partial charge in [0.15, 0.2) is 0 Å². The zero-order valence-corrected chi connectivity index (χ0v) is 23.7. The van der Waals surface area contributed by atoms with E-state index in [9.17, 15) is 18.0 Å². The second-order valence-corrected chi connectivity index (χ2v) is 11.5. The van der Waals surface area contributed by atoms with Crippen LogP contribution in [0.25, 0.3) is 0 Å². The molecule has 0 bridgehead atoms. The van der Waals surface area contributed by atoms with Crippen molar-refractivity contribution >= 4 is 39.1 Å². The normalized spacial score (nSPS) is 12.9. The van der Waals surface area contributed by atoms with Gasteiger partial charge in [-0.15, -0.1) is 0 Å². The number of hydrogen-bond donors (Lipinski definition) is 1. The van der Waals surface area contributed by atoms with E-state index < -0.39 is 28.5 Å². The molecule has 0 heterocycles. The van der Waals surface area contributed by atoms with E-state index in [0.29, 0.717) is 10.7 Å². The molecule has 1 N–H and O–H groups in total. The van der Waals surface area contributed by atoms with Gasteiger partial charge < -0.3 is 10.2 Å². The van der Waals surface area contributed by atoms with E-state index >= 15 is 0 Å². The van der Waals surface area contributed by atoms with Crippen LogP contribution in [-0.2, 0) is 26.2 Å². The van der Waals surface area contributed by atoms with Gasteiger partial charge in [-0.2, -0.15) is 0 Å². The molecule has 7 nitrogen and oxygen atoms in total. The second-order valence-electron chi connectivity index (χ2n) is 9.24. The topological polar surface area (TPSA) is 86.8 Å². The van der Waals surface area contributed by atoms with E-state index in [4.69, 9.17) is 11.6 Å². The van der Waals surface area contributed by atoms with Crippen molar-refractivity contribution in [2.24, 2.45) is 0 Å². The quantitative estimate of drug-likeness (QED) is 0.353. The van der Waals surface area contributed by atoms with Gasteiger partial charge >= 0.3 is 0 Å². The highest BCUT2D eigenvalue weighted by Gasteiger charge is 2.32. The predicted octanol–water partition coefficient (Wildman–Crippen LogP) is 5.18. The standard InChI is InChI=1S/C29H34ClN3O4S/c1-5-22(3)31-29(35)23(4)32(19-24-12-10-9-11-21(24)2)28(34)20-33(26-17-15-25(30)16-18-26)38(36,37)27-13-7-6-8-14-27/h6-18,22-23H,5,19-20H2,1-4H3,(H,31,35)/t22-,23-/m1/s1. The van der Waals surface area contributed by atoms with Gasteiger partial charge in [-0.05, 0) is 74.7 Å². The molecule has 9 heteroatoms. The molecule has 0 aliphatic heterocycles. The monoisotopic (exact) mass is 555 g/mol. The highest BCUT2D eigenvalue weighted by molar-refractivity contribution is 7.92. The number of amides is 2. The molecule has 2 atom stereocenters. The number of halogens is 1. The van der Waals surface area contributed by atoms with E-state index in [1.165, 1.54) is 17.0 Å². The van der Waals surface area contributed by atoms with E-state index in [2.05, 4.69) is 5.32 Å². The lowest BCUT2D eigenvalue weighted by atomic mass is 10.1. The Balaban J connectivity index is 2.02. The maximum Gasteiger partial charge on any atom is 0.264 e. The Bertz CT molecular complexity index is 1350. The van der Waals surface area contributed by atoms with Crippen LogP contribution in [0.5, 0.6) is 0 Å². The molecule has 0 aliphatic rings. The minimum atomic E-state index is -4.10. The minimum absolute atomic E-state index is 0.0516. The first-order valence-electron chi connectivity index (χ1n) is 12.5. The van der Waals surface area contributed by atoms with Gasteiger partial charge in [-0.25, -0.2) is 8.42 Å². The third-order valence-electron chi connectivity index (χ3n) is 6.49. The second kappa shape index (κ2) is 12.9. The summed E-state index contributed by atoms with van der Waals surface area (Å²) in [7, 11) is -4.10. The molecule has 3 aromatic carbocycles. The lowest BCUT2D eigenvalue weighted by Crippen LogP contribution is -2.52.